The van der Waals surface area contributed by atoms with E-state index in [2.05, 4.69) is 4.72 Å². The van der Waals surface area contributed by atoms with E-state index in [1.54, 1.807) is 12.1 Å². The smallest absolute Gasteiger partial charge is 0.241 e. The van der Waals surface area contributed by atoms with Gasteiger partial charge in [0.1, 0.15) is 0 Å². The largest absolute Gasteiger partial charge is 0.330 e. The van der Waals surface area contributed by atoms with Crippen LogP contribution in [0.15, 0.2) is 34.1 Å². The van der Waals surface area contributed by atoms with Crippen LogP contribution in [0.3, 0.4) is 0 Å². The molecule has 3 N–H and O–H groups in total. The lowest BCUT2D eigenvalue weighted by Gasteiger charge is -2.31. The van der Waals surface area contributed by atoms with E-state index in [-0.39, 0.29) is 12.0 Å². The number of nitrogens with two attached hydrogens (primary N) is 1. The van der Waals surface area contributed by atoms with Gasteiger partial charge in [-0.05, 0) is 43.7 Å². The van der Waals surface area contributed by atoms with Gasteiger partial charge in [-0.1, -0.05) is 25.0 Å². The van der Waals surface area contributed by atoms with Gasteiger partial charge in [0.15, 0.2) is 0 Å². The Labute approximate surface area is 125 Å². The predicted molar refractivity (Wildman–Crippen MR) is 83.3 cm³/mol. The summed E-state index contributed by atoms with van der Waals surface area (Å²) in [6, 6.07) is 7.08. The molecule has 0 saturated heterocycles. The van der Waals surface area contributed by atoms with Gasteiger partial charge in [-0.3, -0.25) is 0 Å². The molecule has 1 aromatic rings. The Morgan fingerprint density at radius 1 is 1.30 bits per heavy atom. The molecule has 1 aliphatic rings. The minimum atomic E-state index is -3.47. The highest BCUT2D eigenvalue weighted by Crippen LogP contribution is 2.28. The number of nitrogens with one attached hydrogen (secondary N) is 1. The average molecular weight is 314 g/mol. The molecule has 2 rings (SSSR count). The fourth-order valence-electron chi connectivity index (χ4n) is 2.75. The third kappa shape index (κ3) is 3.55. The highest BCUT2D eigenvalue weighted by atomic mass is 32.2. The summed E-state index contributed by atoms with van der Waals surface area (Å²) < 4.78 is 28.0. The summed E-state index contributed by atoms with van der Waals surface area (Å²) in [4.78, 5) is 1.15. The predicted octanol–water partition coefficient (Wildman–Crippen LogP) is 2.20. The van der Waals surface area contributed by atoms with Crippen LogP contribution in [0.4, 0.5) is 0 Å². The molecule has 1 fully saturated rings. The third-order valence-corrected chi connectivity index (χ3v) is 6.35. The number of thioether (sulfide) groups is 1. The molecule has 0 radical (unpaired) electrons. The molecule has 6 heteroatoms. The van der Waals surface area contributed by atoms with Crippen LogP contribution in [0.1, 0.15) is 25.7 Å². The molecular weight excluding hydrogens is 292 g/mol. The van der Waals surface area contributed by atoms with Gasteiger partial charge >= 0.3 is 0 Å². The second-order valence-corrected chi connectivity index (χ2v) is 7.69. The van der Waals surface area contributed by atoms with Crippen molar-refractivity contribution in [1.82, 2.24) is 4.72 Å². The van der Waals surface area contributed by atoms with Gasteiger partial charge < -0.3 is 5.73 Å². The standard InChI is InChI=1S/C14H22N2O2S2/c1-19-13-8-4-5-9-14(13)20(17,18)16-12-7-3-2-6-11(12)10-15/h4-5,8-9,11-12,16H,2-3,6-7,10,15H2,1H3. The minimum absolute atomic E-state index is 0.0336. The van der Waals surface area contributed by atoms with Crippen LogP contribution in [0.2, 0.25) is 0 Å². The van der Waals surface area contributed by atoms with E-state index in [1.165, 1.54) is 11.8 Å². The van der Waals surface area contributed by atoms with Gasteiger partial charge in [0.25, 0.3) is 0 Å². The van der Waals surface area contributed by atoms with Crippen molar-refractivity contribution in [2.45, 2.75) is 41.5 Å². The quantitative estimate of drug-likeness (QED) is 0.817. The van der Waals surface area contributed by atoms with Crippen molar-refractivity contribution in [2.75, 3.05) is 12.8 Å². The summed E-state index contributed by atoms with van der Waals surface area (Å²) in [7, 11) is -3.47. The lowest BCUT2D eigenvalue weighted by molar-refractivity contribution is 0.296. The number of hydrogen-bond acceptors (Lipinski definition) is 4. The lowest BCUT2D eigenvalue weighted by Crippen LogP contribution is -2.44. The zero-order chi connectivity index (χ0) is 14.6. The van der Waals surface area contributed by atoms with E-state index in [1.807, 2.05) is 18.4 Å². The van der Waals surface area contributed by atoms with Crippen molar-refractivity contribution in [1.29, 1.82) is 0 Å². The summed E-state index contributed by atoms with van der Waals surface area (Å²) in [6.07, 6.45) is 5.98. The van der Waals surface area contributed by atoms with Crippen LogP contribution >= 0.6 is 11.8 Å². The van der Waals surface area contributed by atoms with E-state index in [0.717, 1.165) is 30.6 Å². The zero-order valence-corrected chi connectivity index (χ0v) is 13.3. The Morgan fingerprint density at radius 3 is 2.70 bits per heavy atom. The molecule has 0 aliphatic heterocycles. The second-order valence-electron chi connectivity index (χ2n) is 5.16. The normalized spacial score (nSPS) is 23.7. The van der Waals surface area contributed by atoms with Crippen LogP contribution in [-0.2, 0) is 10.0 Å². The molecule has 0 spiro atoms. The third-order valence-electron chi connectivity index (χ3n) is 3.88. The van der Waals surface area contributed by atoms with Crippen molar-refractivity contribution < 1.29 is 8.42 Å². The molecule has 2 atom stereocenters. The summed E-state index contributed by atoms with van der Waals surface area (Å²) >= 11 is 1.45. The van der Waals surface area contributed by atoms with Crippen LogP contribution in [-0.4, -0.2) is 27.3 Å². The van der Waals surface area contributed by atoms with Gasteiger partial charge in [-0.15, -0.1) is 11.8 Å². The number of benzene rings is 1. The SMILES string of the molecule is CSc1ccccc1S(=O)(=O)NC1CCCCC1CN. The van der Waals surface area contributed by atoms with Crippen LogP contribution in [0.5, 0.6) is 0 Å². The molecule has 0 amide bonds. The zero-order valence-electron chi connectivity index (χ0n) is 11.7. The molecule has 0 bridgehead atoms. The first-order valence-corrected chi connectivity index (χ1v) is 9.64. The summed E-state index contributed by atoms with van der Waals surface area (Å²) in [5, 5.41) is 0. The lowest BCUT2D eigenvalue weighted by atomic mass is 9.85. The van der Waals surface area contributed by atoms with Crippen molar-refractivity contribution in [3.8, 4) is 0 Å². The molecule has 2 unspecified atom stereocenters. The van der Waals surface area contributed by atoms with Gasteiger partial charge in [0.2, 0.25) is 10.0 Å². The Balaban J connectivity index is 2.22. The minimum Gasteiger partial charge on any atom is -0.330 e. The van der Waals surface area contributed by atoms with Crippen molar-refractivity contribution in [3.63, 3.8) is 0 Å². The molecule has 0 heterocycles. The van der Waals surface area contributed by atoms with Gasteiger partial charge in [-0.25, -0.2) is 13.1 Å². The summed E-state index contributed by atoms with van der Waals surface area (Å²) in [5.74, 6) is 0.250. The molecule has 4 nitrogen and oxygen atoms in total. The topological polar surface area (TPSA) is 72.2 Å². The molecule has 1 aliphatic carbocycles. The maximum atomic E-state index is 12.6. The summed E-state index contributed by atoms with van der Waals surface area (Å²) in [6.45, 7) is 0.539. The van der Waals surface area contributed by atoms with Crippen LogP contribution in [0, 0.1) is 5.92 Å². The van der Waals surface area contributed by atoms with Crippen molar-refractivity contribution >= 4 is 21.8 Å². The van der Waals surface area contributed by atoms with Crippen LogP contribution in [0.25, 0.3) is 0 Å². The molecular formula is C14H22N2O2S2. The van der Waals surface area contributed by atoms with E-state index < -0.39 is 10.0 Å². The van der Waals surface area contributed by atoms with Gasteiger partial charge in [-0.2, -0.15) is 0 Å². The highest BCUT2D eigenvalue weighted by Gasteiger charge is 2.29. The second kappa shape index (κ2) is 6.93. The first kappa shape index (κ1) is 15.8. The fraction of sp³-hybridized carbons (Fsp3) is 0.571. The molecule has 0 aromatic heterocycles. The monoisotopic (exact) mass is 314 g/mol. The summed E-state index contributed by atoms with van der Waals surface area (Å²) in [5.41, 5.74) is 5.77. The van der Waals surface area contributed by atoms with Crippen molar-refractivity contribution in [3.05, 3.63) is 24.3 Å². The van der Waals surface area contributed by atoms with Gasteiger partial charge in [0, 0.05) is 10.9 Å². The Hall–Kier alpha value is -0.560. The Kier molecular flexibility index (Phi) is 5.49. The average Bonchev–Trinajstić information content (AvgIpc) is 2.47. The maximum absolute atomic E-state index is 12.6. The molecule has 20 heavy (non-hydrogen) atoms. The molecule has 112 valence electrons. The molecule has 1 aromatic carbocycles. The van der Waals surface area contributed by atoms with E-state index in [9.17, 15) is 8.42 Å². The van der Waals surface area contributed by atoms with Gasteiger partial charge in [0.05, 0.1) is 4.90 Å². The van der Waals surface area contributed by atoms with E-state index in [0.29, 0.717) is 11.4 Å². The van der Waals surface area contributed by atoms with Crippen molar-refractivity contribution in [2.24, 2.45) is 11.7 Å². The Morgan fingerprint density at radius 2 is 2.00 bits per heavy atom. The van der Waals surface area contributed by atoms with E-state index in [4.69, 9.17) is 5.73 Å². The van der Waals surface area contributed by atoms with E-state index >= 15 is 0 Å². The maximum Gasteiger partial charge on any atom is 0.241 e. The first-order valence-electron chi connectivity index (χ1n) is 6.94. The number of hydrogen-bond donors (Lipinski definition) is 2. The number of rotatable bonds is 5. The Bertz CT molecular complexity index is 546. The first-order chi connectivity index (χ1) is 9.58. The highest BCUT2D eigenvalue weighted by molar-refractivity contribution is 7.99. The number of sulfonamides is 1. The molecule has 1 saturated carbocycles. The van der Waals surface area contributed by atoms with Crippen LogP contribution < -0.4 is 10.5 Å². The fourth-order valence-corrected chi connectivity index (χ4v) is 5.24.